The zero-order valence-corrected chi connectivity index (χ0v) is 12.8. The van der Waals surface area contributed by atoms with Crippen LogP contribution in [0.4, 0.5) is 4.79 Å². The van der Waals surface area contributed by atoms with Gasteiger partial charge in [0.15, 0.2) is 0 Å². The van der Waals surface area contributed by atoms with Crippen molar-refractivity contribution in [3.8, 4) is 0 Å². The zero-order valence-electron chi connectivity index (χ0n) is 12.8. The summed E-state index contributed by atoms with van der Waals surface area (Å²) in [5.74, 6) is -0.245. The van der Waals surface area contributed by atoms with Crippen LogP contribution in [0.3, 0.4) is 0 Å². The SMILES string of the molecule is CC(O)[C@H](NC(=O)OC(C)(C)C)C(=O)N1CCCCC1. The van der Waals surface area contributed by atoms with Gasteiger partial charge in [-0.3, -0.25) is 4.79 Å². The quantitative estimate of drug-likeness (QED) is 0.819. The van der Waals surface area contributed by atoms with Crippen molar-refractivity contribution in [2.45, 2.75) is 64.7 Å². The average Bonchev–Trinajstić information content (AvgIpc) is 2.34. The number of amides is 2. The maximum atomic E-state index is 12.3. The van der Waals surface area contributed by atoms with Crippen molar-refractivity contribution < 1.29 is 19.4 Å². The minimum atomic E-state index is -0.961. The van der Waals surface area contributed by atoms with Gasteiger partial charge in [-0.1, -0.05) is 0 Å². The Kier molecular flexibility index (Phi) is 5.80. The highest BCUT2D eigenvalue weighted by atomic mass is 16.6. The lowest BCUT2D eigenvalue weighted by Crippen LogP contribution is -2.55. The van der Waals surface area contributed by atoms with E-state index in [1.54, 1.807) is 25.7 Å². The number of ether oxygens (including phenoxy) is 1. The van der Waals surface area contributed by atoms with Crippen LogP contribution in [0.1, 0.15) is 47.0 Å². The van der Waals surface area contributed by atoms with Crippen LogP contribution in [0.2, 0.25) is 0 Å². The van der Waals surface area contributed by atoms with Gasteiger partial charge in [0.05, 0.1) is 6.10 Å². The van der Waals surface area contributed by atoms with Gasteiger partial charge in [-0.15, -0.1) is 0 Å². The summed E-state index contributed by atoms with van der Waals surface area (Å²) in [5, 5.41) is 12.2. The number of alkyl carbamates (subject to hydrolysis) is 1. The molecule has 2 N–H and O–H groups in total. The Hall–Kier alpha value is -1.30. The van der Waals surface area contributed by atoms with Crippen LogP contribution in [-0.4, -0.2) is 52.8 Å². The van der Waals surface area contributed by atoms with Gasteiger partial charge in [-0.25, -0.2) is 4.79 Å². The second kappa shape index (κ2) is 6.92. The molecule has 2 atom stereocenters. The molecule has 0 aromatic heterocycles. The first-order valence-electron chi connectivity index (χ1n) is 7.17. The number of hydrogen-bond donors (Lipinski definition) is 2. The van der Waals surface area contributed by atoms with Crippen molar-refractivity contribution in [2.24, 2.45) is 0 Å². The van der Waals surface area contributed by atoms with Gasteiger partial charge >= 0.3 is 6.09 Å². The van der Waals surface area contributed by atoms with E-state index < -0.39 is 23.8 Å². The molecule has 0 saturated carbocycles. The van der Waals surface area contributed by atoms with Crippen LogP contribution in [0.5, 0.6) is 0 Å². The summed E-state index contributed by atoms with van der Waals surface area (Å²) in [4.78, 5) is 25.8. The van der Waals surface area contributed by atoms with E-state index in [2.05, 4.69) is 5.32 Å². The second-order valence-corrected chi connectivity index (χ2v) is 6.25. The van der Waals surface area contributed by atoms with E-state index in [1.807, 2.05) is 0 Å². The van der Waals surface area contributed by atoms with Crippen LogP contribution >= 0.6 is 0 Å². The minimum absolute atomic E-state index is 0.245. The monoisotopic (exact) mass is 286 g/mol. The third-order valence-electron chi connectivity index (χ3n) is 3.09. The Bertz CT molecular complexity index is 344. The topological polar surface area (TPSA) is 78.9 Å². The van der Waals surface area contributed by atoms with Crippen molar-refractivity contribution in [2.75, 3.05) is 13.1 Å². The molecular weight excluding hydrogens is 260 g/mol. The summed E-state index contributed by atoms with van der Waals surface area (Å²) in [5.41, 5.74) is -0.637. The lowest BCUT2D eigenvalue weighted by atomic mass is 10.1. The lowest BCUT2D eigenvalue weighted by molar-refractivity contribution is -0.137. The normalized spacial score (nSPS) is 19.1. The number of nitrogens with one attached hydrogen (secondary N) is 1. The van der Waals surface area contributed by atoms with Crippen LogP contribution in [0.15, 0.2) is 0 Å². The summed E-state index contributed by atoms with van der Waals surface area (Å²) in [6.45, 7) is 8.09. The molecule has 0 bridgehead atoms. The molecule has 1 heterocycles. The second-order valence-electron chi connectivity index (χ2n) is 6.25. The molecule has 1 aliphatic heterocycles. The van der Waals surface area contributed by atoms with Crippen molar-refractivity contribution in [1.29, 1.82) is 0 Å². The molecule has 1 aliphatic rings. The summed E-state index contributed by atoms with van der Waals surface area (Å²) in [6.07, 6.45) is 1.39. The van der Waals surface area contributed by atoms with E-state index in [0.717, 1.165) is 19.3 Å². The maximum Gasteiger partial charge on any atom is 0.408 e. The number of hydrogen-bond acceptors (Lipinski definition) is 4. The average molecular weight is 286 g/mol. The Labute approximate surface area is 120 Å². The first-order chi connectivity index (χ1) is 9.20. The molecule has 1 saturated heterocycles. The number of nitrogens with zero attached hydrogens (tertiary/aromatic N) is 1. The van der Waals surface area contributed by atoms with Crippen LogP contribution < -0.4 is 5.32 Å². The molecule has 1 unspecified atom stereocenters. The molecule has 0 aromatic carbocycles. The van der Waals surface area contributed by atoms with Crippen molar-refractivity contribution in [3.05, 3.63) is 0 Å². The van der Waals surface area contributed by atoms with Crippen LogP contribution in [-0.2, 0) is 9.53 Å². The van der Waals surface area contributed by atoms with E-state index in [4.69, 9.17) is 4.74 Å². The highest BCUT2D eigenvalue weighted by molar-refractivity contribution is 5.86. The standard InChI is InChI=1S/C14H26N2O4/c1-10(17)11(15-13(19)20-14(2,3)4)12(18)16-8-6-5-7-9-16/h10-11,17H,5-9H2,1-4H3,(H,15,19)/t10?,11-/m0/s1. The smallest absolute Gasteiger partial charge is 0.408 e. The molecule has 20 heavy (non-hydrogen) atoms. The van der Waals surface area contributed by atoms with Crippen LogP contribution in [0, 0.1) is 0 Å². The number of piperidine rings is 1. The fourth-order valence-corrected chi connectivity index (χ4v) is 2.13. The van der Waals surface area contributed by atoms with Gasteiger partial charge in [0.1, 0.15) is 11.6 Å². The minimum Gasteiger partial charge on any atom is -0.444 e. The largest absolute Gasteiger partial charge is 0.444 e. The fraction of sp³-hybridized carbons (Fsp3) is 0.857. The van der Waals surface area contributed by atoms with Crippen molar-refractivity contribution in [1.82, 2.24) is 10.2 Å². The predicted octanol–water partition coefficient (Wildman–Crippen LogP) is 1.27. The summed E-state index contributed by atoms with van der Waals surface area (Å²) in [6, 6.07) is -0.956. The Morgan fingerprint density at radius 1 is 1.20 bits per heavy atom. The highest BCUT2D eigenvalue weighted by Crippen LogP contribution is 2.12. The Balaban J connectivity index is 2.63. The first-order valence-corrected chi connectivity index (χ1v) is 7.17. The summed E-state index contributed by atoms with van der Waals surface area (Å²) in [7, 11) is 0. The lowest BCUT2D eigenvalue weighted by Gasteiger charge is -2.32. The van der Waals surface area contributed by atoms with Crippen LogP contribution in [0.25, 0.3) is 0 Å². The molecule has 1 fully saturated rings. The Morgan fingerprint density at radius 2 is 1.75 bits per heavy atom. The number of likely N-dealkylation sites (tertiary alicyclic amines) is 1. The molecular formula is C14H26N2O4. The number of aliphatic hydroxyl groups is 1. The summed E-state index contributed by atoms with van der Waals surface area (Å²) < 4.78 is 5.12. The van der Waals surface area contributed by atoms with Gasteiger partial charge < -0.3 is 20.1 Å². The van der Waals surface area contributed by atoms with Gasteiger partial charge in [-0.2, -0.15) is 0 Å². The van der Waals surface area contributed by atoms with Gasteiger partial charge in [0.25, 0.3) is 0 Å². The van der Waals surface area contributed by atoms with E-state index in [1.165, 1.54) is 6.92 Å². The van der Waals surface area contributed by atoms with E-state index in [9.17, 15) is 14.7 Å². The first kappa shape index (κ1) is 16.8. The zero-order chi connectivity index (χ0) is 15.3. The van der Waals surface area contributed by atoms with Gasteiger partial charge in [-0.05, 0) is 47.0 Å². The fourth-order valence-electron chi connectivity index (χ4n) is 2.13. The molecule has 0 spiro atoms. The molecule has 2 amide bonds. The van der Waals surface area contributed by atoms with Gasteiger partial charge in [0, 0.05) is 13.1 Å². The molecule has 6 heteroatoms. The molecule has 0 aliphatic carbocycles. The molecule has 0 radical (unpaired) electrons. The number of rotatable bonds is 3. The Morgan fingerprint density at radius 3 is 2.20 bits per heavy atom. The van der Waals surface area contributed by atoms with Crippen molar-refractivity contribution in [3.63, 3.8) is 0 Å². The molecule has 1 rings (SSSR count). The number of carbonyl (C=O) groups excluding carboxylic acids is 2. The third-order valence-corrected chi connectivity index (χ3v) is 3.09. The van der Waals surface area contributed by atoms with E-state index in [0.29, 0.717) is 13.1 Å². The third kappa shape index (κ3) is 5.36. The predicted molar refractivity (Wildman–Crippen MR) is 75.3 cm³/mol. The number of carbonyl (C=O) groups is 2. The molecule has 116 valence electrons. The highest BCUT2D eigenvalue weighted by Gasteiger charge is 2.31. The number of aliphatic hydroxyl groups excluding tert-OH is 1. The van der Waals surface area contributed by atoms with Gasteiger partial charge in [0.2, 0.25) is 5.91 Å². The maximum absolute atomic E-state index is 12.3. The summed E-state index contributed by atoms with van der Waals surface area (Å²) >= 11 is 0. The molecule has 6 nitrogen and oxygen atoms in total. The van der Waals surface area contributed by atoms with Crippen molar-refractivity contribution >= 4 is 12.0 Å². The van der Waals surface area contributed by atoms with E-state index >= 15 is 0 Å². The van der Waals surface area contributed by atoms with E-state index in [-0.39, 0.29) is 5.91 Å². The molecule has 0 aromatic rings.